The number of aliphatic carboxylic acids is 1. The van der Waals surface area contributed by atoms with E-state index in [9.17, 15) is 23.6 Å². The molecule has 1 N–H and O–H groups in total. The molecule has 1 saturated carbocycles. The van der Waals surface area contributed by atoms with Gasteiger partial charge in [-0.2, -0.15) is 5.26 Å². The molecule has 1 aliphatic carbocycles. The predicted octanol–water partition coefficient (Wildman–Crippen LogP) is 0.520. The van der Waals surface area contributed by atoms with E-state index in [1.807, 2.05) is 0 Å². The van der Waals surface area contributed by atoms with E-state index in [2.05, 4.69) is 0 Å². The highest BCUT2D eigenvalue weighted by molar-refractivity contribution is 7.91. The van der Waals surface area contributed by atoms with Crippen molar-refractivity contribution in [2.24, 2.45) is 5.41 Å². The van der Waals surface area contributed by atoms with Gasteiger partial charge in [-0.15, -0.1) is 0 Å². The molecule has 0 saturated heterocycles. The van der Waals surface area contributed by atoms with Crippen molar-refractivity contribution in [2.45, 2.75) is 11.2 Å². The first kappa shape index (κ1) is 13.7. The fraction of sp³-hybridized carbons (Fsp3) is 0.385. The maximum atomic E-state index is 11.8. The van der Waals surface area contributed by atoms with Crippen LogP contribution in [-0.2, 0) is 14.6 Å². The van der Waals surface area contributed by atoms with Crippen molar-refractivity contribution in [3.05, 3.63) is 23.8 Å². The molecule has 0 bridgehead atoms. The maximum absolute atomic E-state index is 11.8. The Morgan fingerprint density at radius 2 is 2.10 bits per heavy atom. The SMILES string of the molecule is CS(=O)(=O)[C@@H]1[C@@H](c2ccc3c(c2)OCO3)[C@@]1(C#N)C(=O)O. The Labute approximate surface area is 120 Å². The van der Waals surface area contributed by atoms with Crippen molar-refractivity contribution >= 4 is 15.8 Å². The first-order valence-corrected chi connectivity index (χ1v) is 8.01. The van der Waals surface area contributed by atoms with Gasteiger partial charge in [-0.05, 0) is 17.7 Å². The number of carboxylic acids is 1. The number of fused-ring (bicyclic) bond motifs is 1. The molecule has 0 radical (unpaired) electrons. The van der Waals surface area contributed by atoms with Gasteiger partial charge < -0.3 is 14.6 Å². The molecule has 0 spiro atoms. The Morgan fingerprint density at radius 1 is 1.43 bits per heavy atom. The van der Waals surface area contributed by atoms with Crippen LogP contribution in [0.15, 0.2) is 18.2 Å². The first-order valence-electron chi connectivity index (χ1n) is 6.05. The Bertz CT molecular complexity index is 780. The number of rotatable bonds is 3. The molecule has 3 rings (SSSR count). The largest absolute Gasteiger partial charge is 0.480 e. The number of hydrogen-bond donors (Lipinski definition) is 1. The van der Waals surface area contributed by atoms with E-state index in [0.29, 0.717) is 17.1 Å². The van der Waals surface area contributed by atoms with Crippen LogP contribution in [0.2, 0.25) is 0 Å². The van der Waals surface area contributed by atoms with E-state index < -0.39 is 32.4 Å². The summed E-state index contributed by atoms with van der Waals surface area (Å²) in [5.41, 5.74) is -1.50. The van der Waals surface area contributed by atoms with Crippen molar-refractivity contribution in [1.29, 1.82) is 5.26 Å². The fourth-order valence-electron chi connectivity index (χ4n) is 2.92. The molecule has 0 aromatic heterocycles. The van der Waals surface area contributed by atoms with Crippen molar-refractivity contribution in [3.63, 3.8) is 0 Å². The zero-order valence-electron chi connectivity index (χ0n) is 10.9. The van der Waals surface area contributed by atoms with Gasteiger partial charge in [0.15, 0.2) is 26.8 Å². The van der Waals surface area contributed by atoms with E-state index in [1.54, 1.807) is 18.2 Å². The zero-order chi connectivity index (χ0) is 15.4. The van der Waals surface area contributed by atoms with Gasteiger partial charge in [-0.25, -0.2) is 8.42 Å². The standard InChI is InChI=1S/C13H11NO6S/c1-21(17,18)11-10(13(11,5-14)12(15)16)7-2-3-8-9(4-7)20-6-19-8/h2-4,10-11H,6H2,1H3,(H,15,16)/t10-,11-,13-/m1/s1. The van der Waals surface area contributed by atoms with E-state index in [0.717, 1.165) is 6.26 Å². The molecule has 3 atom stereocenters. The molecule has 1 aromatic rings. The third-order valence-electron chi connectivity index (χ3n) is 3.89. The molecule has 7 nitrogen and oxygen atoms in total. The molecule has 2 aliphatic rings. The van der Waals surface area contributed by atoms with Crippen LogP contribution in [0.1, 0.15) is 11.5 Å². The average Bonchev–Trinajstić information content (AvgIpc) is 2.92. The second-order valence-corrected chi connectivity index (χ2v) is 7.29. The molecule has 0 amide bonds. The van der Waals surface area contributed by atoms with Crippen LogP contribution in [0.5, 0.6) is 11.5 Å². The Hall–Kier alpha value is -2.27. The third-order valence-corrected chi connectivity index (χ3v) is 5.46. The van der Waals surface area contributed by atoms with E-state index in [-0.39, 0.29) is 6.79 Å². The number of benzene rings is 1. The molecule has 0 unspecified atom stereocenters. The highest BCUT2D eigenvalue weighted by atomic mass is 32.2. The predicted molar refractivity (Wildman–Crippen MR) is 69.6 cm³/mol. The minimum absolute atomic E-state index is 0.0568. The summed E-state index contributed by atoms with van der Waals surface area (Å²) in [7, 11) is -3.68. The summed E-state index contributed by atoms with van der Waals surface area (Å²) in [6.45, 7) is 0.0568. The molecular formula is C13H11NO6S. The minimum Gasteiger partial charge on any atom is -0.480 e. The summed E-state index contributed by atoms with van der Waals surface area (Å²) >= 11 is 0. The van der Waals surface area contributed by atoms with Gasteiger partial charge >= 0.3 is 5.97 Å². The highest BCUT2D eigenvalue weighted by Crippen LogP contribution is 2.63. The van der Waals surface area contributed by atoms with Gasteiger partial charge in [-0.3, -0.25) is 4.79 Å². The number of nitrogens with zero attached hydrogens (tertiary/aromatic N) is 1. The van der Waals surface area contributed by atoms with Gasteiger partial charge in [0.05, 0.1) is 6.07 Å². The van der Waals surface area contributed by atoms with Gasteiger partial charge in [0.1, 0.15) is 5.25 Å². The van der Waals surface area contributed by atoms with Gasteiger partial charge in [0.25, 0.3) is 0 Å². The summed E-state index contributed by atoms with van der Waals surface area (Å²) in [5, 5.41) is 17.3. The number of carboxylic acid groups (broad SMARTS) is 1. The minimum atomic E-state index is -3.68. The zero-order valence-corrected chi connectivity index (χ0v) is 11.8. The molecule has 110 valence electrons. The number of ether oxygens (including phenoxy) is 2. The summed E-state index contributed by atoms with van der Waals surface area (Å²) < 4.78 is 34.0. The molecule has 21 heavy (non-hydrogen) atoms. The van der Waals surface area contributed by atoms with Gasteiger partial charge in [0.2, 0.25) is 6.79 Å². The normalized spacial score (nSPS) is 29.7. The second-order valence-electron chi connectivity index (χ2n) is 5.13. The lowest BCUT2D eigenvalue weighted by Gasteiger charge is -2.03. The Kier molecular flexibility index (Phi) is 2.68. The average molecular weight is 309 g/mol. The van der Waals surface area contributed by atoms with E-state index >= 15 is 0 Å². The number of carbonyl (C=O) groups is 1. The van der Waals surface area contributed by atoms with Crippen LogP contribution >= 0.6 is 0 Å². The maximum Gasteiger partial charge on any atom is 0.326 e. The lowest BCUT2D eigenvalue weighted by atomic mass is 10.0. The monoisotopic (exact) mass is 309 g/mol. The fourth-order valence-corrected chi connectivity index (χ4v) is 4.68. The Morgan fingerprint density at radius 3 is 2.62 bits per heavy atom. The molecule has 1 aromatic carbocycles. The smallest absolute Gasteiger partial charge is 0.326 e. The van der Waals surface area contributed by atoms with Crippen molar-refractivity contribution < 1.29 is 27.8 Å². The van der Waals surface area contributed by atoms with Crippen molar-refractivity contribution in [1.82, 2.24) is 0 Å². The quantitative estimate of drug-likeness (QED) is 0.865. The van der Waals surface area contributed by atoms with Crippen LogP contribution in [0.3, 0.4) is 0 Å². The van der Waals surface area contributed by atoms with Crippen LogP contribution in [0.4, 0.5) is 0 Å². The summed E-state index contributed by atoms with van der Waals surface area (Å²) in [6, 6.07) is 6.36. The van der Waals surface area contributed by atoms with Crippen LogP contribution in [0.25, 0.3) is 0 Å². The van der Waals surface area contributed by atoms with E-state index in [1.165, 1.54) is 6.07 Å². The highest BCUT2D eigenvalue weighted by Gasteiger charge is 2.76. The summed E-state index contributed by atoms with van der Waals surface area (Å²) in [4.78, 5) is 11.4. The van der Waals surface area contributed by atoms with Crippen molar-refractivity contribution in [2.75, 3.05) is 13.0 Å². The molecular weight excluding hydrogens is 298 g/mol. The molecule has 1 fully saturated rings. The van der Waals surface area contributed by atoms with Crippen LogP contribution in [-0.4, -0.2) is 37.8 Å². The number of hydrogen-bond acceptors (Lipinski definition) is 6. The van der Waals surface area contributed by atoms with Gasteiger partial charge in [-0.1, -0.05) is 6.07 Å². The van der Waals surface area contributed by atoms with Crippen molar-refractivity contribution in [3.8, 4) is 17.6 Å². The lowest BCUT2D eigenvalue weighted by molar-refractivity contribution is -0.141. The summed E-state index contributed by atoms with van der Waals surface area (Å²) in [6.07, 6.45) is 0.944. The van der Waals surface area contributed by atoms with Crippen LogP contribution in [0, 0.1) is 16.7 Å². The first-order chi connectivity index (χ1) is 9.82. The number of sulfone groups is 1. The Balaban J connectivity index is 2.09. The number of nitriles is 1. The third kappa shape index (κ3) is 1.77. The van der Waals surface area contributed by atoms with Crippen LogP contribution < -0.4 is 9.47 Å². The summed E-state index contributed by atoms with van der Waals surface area (Å²) in [5.74, 6) is -1.41. The van der Waals surface area contributed by atoms with E-state index in [4.69, 9.17) is 9.47 Å². The molecule has 1 heterocycles. The molecule has 8 heteroatoms. The molecule has 1 aliphatic heterocycles. The second kappa shape index (κ2) is 4.11. The topological polar surface area (TPSA) is 114 Å². The van der Waals surface area contributed by atoms with Gasteiger partial charge in [0, 0.05) is 12.2 Å². The lowest BCUT2D eigenvalue weighted by Crippen LogP contribution is -2.21.